The van der Waals surface area contributed by atoms with E-state index in [1.165, 1.54) is 12.4 Å². The van der Waals surface area contributed by atoms with E-state index in [-0.39, 0.29) is 12.1 Å². The monoisotopic (exact) mass is 287 g/mol. The van der Waals surface area contributed by atoms with Crippen LogP contribution in [0.15, 0.2) is 12.4 Å². The van der Waals surface area contributed by atoms with Crippen LogP contribution in [0, 0.1) is 12.8 Å². The van der Waals surface area contributed by atoms with E-state index in [4.69, 9.17) is 0 Å². The number of nitrogens with zero attached hydrogens (tertiary/aromatic N) is 2. The summed E-state index contributed by atoms with van der Waals surface area (Å²) in [5, 5.41) is 2.45. The van der Waals surface area contributed by atoms with E-state index < -0.39 is 24.0 Å². The third-order valence-electron chi connectivity index (χ3n) is 3.52. The first kappa shape index (κ1) is 14.7. The zero-order valence-corrected chi connectivity index (χ0v) is 11.1. The molecular formula is C13H16F3N3O. The number of nitrogens with one attached hydrogen (secondary N) is 1. The van der Waals surface area contributed by atoms with Gasteiger partial charge in [-0.15, -0.1) is 0 Å². The lowest BCUT2D eigenvalue weighted by molar-refractivity contribution is -0.187. The van der Waals surface area contributed by atoms with Crippen molar-refractivity contribution in [3.8, 4) is 0 Å². The second-order valence-electron chi connectivity index (χ2n) is 5.06. The smallest absolute Gasteiger partial charge is 0.347 e. The lowest BCUT2D eigenvalue weighted by atomic mass is 9.84. The van der Waals surface area contributed by atoms with Gasteiger partial charge in [-0.25, -0.2) is 4.98 Å². The Labute approximate surface area is 114 Å². The van der Waals surface area contributed by atoms with E-state index in [2.05, 4.69) is 15.3 Å². The van der Waals surface area contributed by atoms with Crippen molar-refractivity contribution in [2.75, 3.05) is 0 Å². The van der Waals surface area contributed by atoms with Crippen LogP contribution in [0.25, 0.3) is 0 Å². The number of carbonyl (C=O) groups is 1. The van der Waals surface area contributed by atoms with Crippen molar-refractivity contribution >= 4 is 5.91 Å². The minimum atomic E-state index is -4.28. The molecule has 2 rings (SSSR count). The summed E-state index contributed by atoms with van der Waals surface area (Å²) in [7, 11) is 0. The first-order valence-electron chi connectivity index (χ1n) is 6.54. The number of halogens is 3. The lowest BCUT2D eigenvalue weighted by Gasteiger charge is -2.33. The van der Waals surface area contributed by atoms with Gasteiger partial charge in [-0.3, -0.25) is 9.78 Å². The highest BCUT2D eigenvalue weighted by molar-refractivity contribution is 5.92. The van der Waals surface area contributed by atoms with Crippen LogP contribution in [0.3, 0.4) is 0 Å². The minimum Gasteiger partial charge on any atom is -0.347 e. The molecule has 0 spiro atoms. The number of hydrogen-bond acceptors (Lipinski definition) is 3. The Morgan fingerprint density at radius 2 is 1.95 bits per heavy atom. The van der Waals surface area contributed by atoms with Crippen molar-refractivity contribution in [3.05, 3.63) is 23.8 Å². The number of carbonyl (C=O) groups excluding carboxylic acids is 1. The Balaban J connectivity index is 2.07. The van der Waals surface area contributed by atoms with Crippen LogP contribution in [-0.4, -0.2) is 28.1 Å². The van der Waals surface area contributed by atoms with Crippen molar-refractivity contribution in [2.24, 2.45) is 5.92 Å². The second kappa shape index (κ2) is 5.76. The molecule has 1 saturated carbocycles. The molecule has 20 heavy (non-hydrogen) atoms. The number of alkyl halides is 3. The molecule has 1 aromatic heterocycles. The molecule has 1 N–H and O–H groups in total. The van der Waals surface area contributed by atoms with Gasteiger partial charge < -0.3 is 5.32 Å². The van der Waals surface area contributed by atoms with Gasteiger partial charge in [0, 0.05) is 12.2 Å². The molecule has 0 radical (unpaired) electrons. The molecule has 2 atom stereocenters. The molecule has 7 heteroatoms. The van der Waals surface area contributed by atoms with E-state index in [0.29, 0.717) is 25.0 Å². The predicted molar refractivity (Wildman–Crippen MR) is 66.0 cm³/mol. The first-order valence-corrected chi connectivity index (χ1v) is 6.54. The van der Waals surface area contributed by atoms with Crippen molar-refractivity contribution in [2.45, 2.75) is 44.8 Å². The average Bonchev–Trinajstić information content (AvgIpc) is 2.38. The summed E-state index contributed by atoms with van der Waals surface area (Å²) < 4.78 is 38.8. The molecule has 1 heterocycles. The maximum absolute atomic E-state index is 12.9. The Hall–Kier alpha value is -1.66. The molecule has 0 aromatic carbocycles. The molecular weight excluding hydrogens is 271 g/mol. The number of hydrogen-bond donors (Lipinski definition) is 1. The zero-order chi connectivity index (χ0) is 14.8. The fourth-order valence-corrected chi connectivity index (χ4v) is 2.45. The van der Waals surface area contributed by atoms with Crippen LogP contribution in [0.4, 0.5) is 13.2 Å². The van der Waals surface area contributed by atoms with Gasteiger partial charge in [-0.1, -0.05) is 12.8 Å². The van der Waals surface area contributed by atoms with Crippen molar-refractivity contribution in [1.29, 1.82) is 0 Å². The van der Waals surface area contributed by atoms with Crippen LogP contribution < -0.4 is 5.32 Å². The second-order valence-corrected chi connectivity index (χ2v) is 5.06. The summed E-state index contributed by atoms with van der Waals surface area (Å²) in [6.45, 7) is 1.72. The molecule has 0 unspecified atom stereocenters. The minimum absolute atomic E-state index is 0.0436. The highest BCUT2D eigenvalue weighted by Crippen LogP contribution is 2.37. The molecule has 0 aliphatic heterocycles. The van der Waals surface area contributed by atoms with Gasteiger partial charge >= 0.3 is 6.18 Å². The number of aromatic nitrogens is 2. The normalized spacial score (nSPS) is 23.4. The maximum Gasteiger partial charge on any atom is 0.393 e. The van der Waals surface area contributed by atoms with Crippen molar-refractivity contribution in [1.82, 2.24) is 15.3 Å². The standard InChI is InChI=1S/C13H16F3N3O/c1-8-6-18-11(7-17-8)12(20)19-10-5-3-2-4-9(10)13(14,15)16/h6-7,9-10H,2-5H2,1H3,(H,19,20)/t9-,10+/m1/s1. The van der Waals surface area contributed by atoms with E-state index in [0.717, 1.165) is 0 Å². The van der Waals surface area contributed by atoms with Crippen LogP contribution in [0.5, 0.6) is 0 Å². The van der Waals surface area contributed by atoms with Gasteiger partial charge in [-0.2, -0.15) is 13.2 Å². The topological polar surface area (TPSA) is 54.9 Å². The van der Waals surface area contributed by atoms with E-state index in [9.17, 15) is 18.0 Å². The van der Waals surface area contributed by atoms with Crippen LogP contribution in [-0.2, 0) is 0 Å². The molecule has 1 fully saturated rings. The molecule has 1 amide bonds. The first-order chi connectivity index (χ1) is 9.38. The SMILES string of the molecule is Cc1cnc(C(=O)N[C@H]2CCCC[C@H]2C(F)(F)F)cn1. The summed E-state index contributed by atoms with van der Waals surface area (Å²) in [4.78, 5) is 19.7. The van der Waals surface area contributed by atoms with Crippen LogP contribution in [0.2, 0.25) is 0 Å². The van der Waals surface area contributed by atoms with Crippen LogP contribution in [0.1, 0.15) is 41.9 Å². The van der Waals surface area contributed by atoms with E-state index in [1.807, 2.05) is 0 Å². The van der Waals surface area contributed by atoms with Gasteiger partial charge in [0.25, 0.3) is 5.91 Å². The summed E-state index contributed by atoms with van der Waals surface area (Å²) in [6, 6.07) is -0.876. The van der Waals surface area contributed by atoms with E-state index >= 15 is 0 Å². The molecule has 1 aliphatic rings. The third kappa shape index (κ3) is 3.46. The fourth-order valence-electron chi connectivity index (χ4n) is 2.45. The Morgan fingerprint density at radius 1 is 1.25 bits per heavy atom. The summed E-state index contributed by atoms with van der Waals surface area (Å²) in [6.07, 6.45) is 0.0473. The lowest BCUT2D eigenvalue weighted by Crippen LogP contribution is -2.47. The highest BCUT2D eigenvalue weighted by atomic mass is 19.4. The molecule has 4 nitrogen and oxygen atoms in total. The highest BCUT2D eigenvalue weighted by Gasteiger charge is 2.46. The Bertz CT molecular complexity index is 473. The summed E-state index contributed by atoms with van der Waals surface area (Å²) in [5.41, 5.74) is 0.689. The van der Waals surface area contributed by atoms with Crippen molar-refractivity contribution < 1.29 is 18.0 Å². The van der Waals surface area contributed by atoms with Gasteiger partial charge in [0.05, 0.1) is 17.8 Å². The number of amides is 1. The quantitative estimate of drug-likeness (QED) is 0.909. The maximum atomic E-state index is 12.9. The van der Waals surface area contributed by atoms with Gasteiger partial charge in [-0.05, 0) is 19.8 Å². The Kier molecular flexibility index (Phi) is 4.25. The molecule has 0 bridgehead atoms. The molecule has 0 saturated heterocycles. The van der Waals surface area contributed by atoms with Gasteiger partial charge in [0.1, 0.15) is 5.69 Å². The van der Waals surface area contributed by atoms with Gasteiger partial charge in [0.2, 0.25) is 0 Å². The molecule has 1 aromatic rings. The average molecular weight is 287 g/mol. The zero-order valence-electron chi connectivity index (χ0n) is 11.1. The van der Waals surface area contributed by atoms with Gasteiger partial charge in [0.15, 0.2) is 0 Å². The molecule has 110 valence electrons. The van der Waals surface area contributed by atoms with Crippen LogP contribution >= 0.6 is 0 Å². The summed E-state index contributed by atoms with van der Waals surface area (Å²) >= 11 is 0. The Morgan fingerprint density at radius 3 is 2.55 bits per heavy atom. The van der Waals surface area contributed by atoms with E-state index in [1.54, 1.807) is 6.92 Å². The fraction of sp³-hybridized carbons (Fsp3) is 0.615. The summed E-state index contributed by atoms with van der Waals surface area (Å²) in [5.74, 6) is -2.07. The molecule has 1 aliphatic carbocycles. The third-order valence-corrected chi connectivity index (χ3v) is 3.52. The van der Waals surface area contributed by atoms with Crippen molar-refractivity contribution in [3.63, 3.8) is 0 Å². The predicted octanol–water partition coefficient (Wildman–Crippen LogP) is 2.64. The number of rotatable bonds is 2. The number of aryl methyl sites for hydroxylation is 1. The largest absolute Gasteiger partial charge is 0.393 e.